The van der Waals surface area contributed by atoms with Crippen molar-refractivity contribution in [3.05, 3.63) is 36.3 Å². The Bertz CT molecular complexity index is 257. The molecule has 0 saturated heterocycles. The molecule has 0 amide bonds. The van der Waals surface area contributed by atoms with Crippen LogP contribution in [0.2, 0.25) is 0 Å². The van der Waals surface area contributed by atoms with Crippen molar-refractivity contribution in [2.45, 2.75) is 19.8 Å². The molecule has 0 atom stereocenters. The molecule has 0 aromatic carbocycles. The van der Waals surface area contributed by atoms with Gasteiger partial charge in [-0.2, -0.15) is 0 Å². The lowest BCUT2D eigenvalue weighted by Crippen LogP contribution is -1.82. The van der Waals surface area contributed by atoms with Crippen LogP contribution in [0, 0.1) is 0 Å². The maximum atomic E-state index is 10.5. The summed E-state index contributed by atoms with van der Waals surface area (Å²) in [4.78, 5) is 10.5. The first-order chi connectivity index (χ1) is 5.79. The molecule has 0 bridgehead atoms. The highest BCUT2D eigenvalue weighted by Gasteiger charge is 1.91. The van der Waals surface area contributed by atoms with Crippen molar-refractivity contribution in [1.29, 1.82) is 0 Å². The number of furan rings is 1. The molecule has 1 heterocycles. The molecule has 0 N–H and O–H groups in total. The number of hydrogen-bond acceptors (Lipinski definition) is 2. The molecule has 0 radical (unpaired) electrons. The Labute approximate surface area is 71.9 Å². The second-order valence-corrected chi connectivity index (χ2v) is 2.68. The van der Waals surface area contributed by atoms with Crippen molar-refractivity contribution < 1.29 is 9.21 Å². The predicted molar refractivity (Wildman–Crippen MR) is 46.9 cm³/mol. The Morgan fingerprint density at radius 3 is 3.08 bits per heavy atom. The third-order valence-electron chi connectivity index (χ3n) is 1.53. The van der Waals surface area contributed by atoms with Crippen molar-refractivity contribution in [3.63, 3.8) is 0 Å². The fourth-order valence-corrected chi connectivity index (χ4v) is 0.934. The van der Waals surface area contributed by atoms with E-state index in [9.17, 15) is 4.79 Å². The smallest absolute Gasteiger partial charge is 0.152 e. The van der Waals surface area contributed by atoms with Crippen LogP contribution >= 0.6 is 0 Å². The standard InChI is InChI=1S/C10H12O2/c1-9(11)4-2-3-5-10-6-7-12-8-10/h2,4,6-8H,3,5H2,1H3/b4-2+. The lowest BCUT2D eigenvalue weighted by atomic mass is 10.2. The van der Waals surface area contributed by atoms with Gasteiger partial charge < -0.3 is 4.42 Å². The highest BCUT2D eigenvalue weighted by atomic mass is 16.3. The lowest BCUT2D eigenvalue weighted by molar-refractivity contribution is -0.112. The van der Waals surface area contributed by atoms with Gasteiger partial charge in [-0.1, -0.05) is 6.08 Å². The number of allylic oxidation sites excluding steroid dienone is 2. The van der Waals surface area contributed by atoms with Crippen molar-refractivity contribution in [3.8, 4) is 0 Å². The molecular formula is C10H12O2. The summed E-state index contributed by atoms with van der Waals surface area (Å²) >= 11 is 0. The maximum absolute atomic E-state index is 10.5. The van der Waals surface area contributed by atoms with Crippen molar-refractivity contribution >= 4 is 5.78 Å². The fourth-order valence-electron chi connectivity index (χ4n) is 0.934. The van der Waals surface area contributed by atoms with Gasteiger partial charge in [-0.15, -0.1) is 0 Å². The number of aryl methyl sites for hydroxylation is 1. The molecule has 0 aliphatic rings. The minimum Gasteiger partial charge on any atom is -0.472 e. The van der Waals surface area contributed by atoms with Gasteiger partial charge in [0.1, 0.15) is 0 Å². The van der Waals surface area contributed by atoms with Crippen molar-refractivity contribution in [1.82, 2.24) is 0 Å². The van der Waals surface area contributed by atoms with Crippen LogP contribution in [0.1, 0.15) is 18.9 Å². The SMILES string of the molecule is CC(=O)/C=C/CCc1ccoc1. The summed E-state index contributed by atoms with van der Waals surface area (Å²) in [6.45, 7) is 1.55. The van der Waals surface area contributed by atoms with Gasteiger partial charge >= 0.3 is 0 Å². The highest BCUT2D eigenvalue weighted by molar-refractivity contribution is 5.87. The van der Waals surface area contributed by atoms with Crippen LogP contribution < -0.4 is 0 Å². The highest BCUT2D eigenvalue weighted by Crippen LogP contribution is 2.03. The molecule has 1 rings (SSSR count). The second-order valence-electron chi connectivity index (χ2n) is 2.68. The molecule has 0 unspecified atom stereocenters. The van der Waals surface area contributed by atoms with Gasteiger partial charge in [0.15, 0.2) is 5.78 Å². The molecule has 0 aliphatic heterocycles. The van der Waals surface area contributed by atoms with Crippen LogP contribution in [0.4, 0.5) is 0 Å². The zero-order valence-electron chi connectivity index (χ0n) is 7.12. The molecular weight excluding hydrogens is 152 g/mol. The molecule has 64 valence electrons. The second kappa shape index (κ2) is 4.54. The molecule has 0 spiro atoms. The predicted octanol–water partition coefficient (Wildman–Crippen LogP) is 2.36. The van der Waals surface area contributed by atoms with E-state index in [1.54, 1.807) is 25.5 Å². The quantitative estimate of drug-likeness (QED) is 0.639. The number of rotatable bonds is 4. The minimum absolute atomic E-state index is 0.0993. The van der Waals surface area contributed by atoms with Gasteiger partial charge in [0, 0.05) is 0 Å². The molecule has 0 fully saturated rings. The van der Waals surface area contributed by atoms with E-state index in [1.807, 2.05) is 12.1 Å². The maximum Gasteiger partial charge on any atom is 0.152 e. The summed E-state index contributed by atoms with van der Waals surface area (Å²) in [5.74, 6) is 0.0993. The number of carbonyl (C=O) groups excluding carboxylic acids is 1. The summed E-state index contributed by atoms with van der Waals surface area (Å²) in [5.41, 5.74) is 1.17. The van der Waals surface area contributed by atoms with E-state index in [0.717, 1.165) is 12.8 Å². The van der Waals surface area contributed by atoms with Gasteiger partial charge in [-0.25, -0.2) is 0 Å². The zero-order valence-corrected chi connectivity index (χ0v) is 7.12. The van der Waals surface area contributed by atoms with E-state index < -0.39 is 0 Å². The molecule has 1 aromatic heterocycles. The van der Waals surface area contributed by atoms with Gasteiger partial charge in [0.05, 0.1) is 12.5 Å². The number of carbonyl (C=O) groups is 1. The van der Waals surface area contributed by atoms with E-state index in [0.29, 0.717) is 0 Å². The Hall–Kier alpha value is -1.31. The molecule has 2 nitrogen and oxygen atoms in total. The molecule has 12 heavy (non-hydrogen) atoms. The lowest BCUT2D eigenvalue weighted by Gasteiger charge is -1.88. The summed E-state index contributed by atoms with van der Waals surface area (Å²) in [7, 11) is 0. The van der Waals surface area contributed by atoms with Crippen LogP contribution in [0.3, 0.4) is 0 Å². The summed E-state index contributed by atoms with van der Waals surface area (Å²) in [5, 5.41) is 0. The van der Waals surface area contributed by atoms with Gasteiger partial charge in [0.2, 0.25) is 0 Å². The Morgan fingerprint density at radius 2 is 2.50 bits per heavy atom. The van der Waals surface area contributed by atoms with Gasteiger partial charge in [-0.3, -0.25) is 4.79 Å². The molecule has 0 aliphatic carbocycles. The zero-order chi connectivity index (χ0) is 8.81. The first kappa shape index (κ1) is 8.78. The van der Waals surface area contributed by atoms with Gasteiger partial charge in [-0.05, 0) is 37.5 Å². The molecule has 2 heteroatoms. The number of ketones is 1. The van der Waals surface area contributed by atoms with E-state index in [-0.39, 0.29) is 5.78 Å². The van der Waals surface area contributed by atoms with Crippen LogP contribution in [0.25, 0.3) is 0 Å². The van der Waals surface area contributed by atoms with Gasteiger partial charge in [0.25, 0.3) is 0 Å². The van der Waals surface area contributed by atoms with Crippen molar-refractivity contribution in [2.75, 3.05) is 0 Å². The molecule has 0 saturated carbocycles. The minimum atomic E-state index is 0.0993. The molecule has 1 aromatic rings. The fraction of sp³-hybridized carbons (Fsp3) is 0.300. The van der Waals surface area contributed by atoms with E-state index in [2.05, 4.69) is 0 Å². The largest absolute Gasteiger partial charge is 0.472 e. The third-order valence-corrected chi connectivity index (χ3v) is 1.53. The Morgan fingerprint density at radius 1 is 1.67 bits per heavy atom. The Kier molecular flexibility index (Phi) is 3.33. The van der Waals surface area contributed by atoms with Crippen LogP contribution in [-0.4, -0.2) is 5.78 Å². The van der Waals surface area contributed by atoms with Crippen LogP contribution in [0.5, 0.6) is 0 Å². The summed E-state index contributed by atoms with van der Waals surface area (Å²) in [6, 6.07) is 1.93. The first-order valence-corrected chi connectivity index (χ1v) is 3.97. The average molecular weight is 164 g/mol. The van der Waals surface area contributed by atoms with E-state index >= 15 is 0 Å². The van der Waals surface area contributed by atoms with Crippen LogP contribution in [0.15, 0.2) is 35.2 Å². The third kappa shape index (κ3) is 3.19. The van der Waals surface area contributed by atoms with E-state index in [1.165, 1.54) is 5.56 Å². The summed E-state index contributed by atoms with van der Waals surface area (Å²) in [6.07, 6.45) is 8.68. The number of hydrogen-bond donors (Lipinski definition) is 0. The summed E-state index contributed by atoms with van der Waals surface area (Å²) < 4.78 is 4.90. The topological polar surface area (TPSA) is 30.2 Å². The van der Waals surface area contributed by atoms with E-state index in [4.69, 9.17) is 4.42 Å². The van der Waals surface area contributed by atoms with Crippen molar-refractivity contribution in [2.24, 2.45) is 0 Å². The van der Waals surface area contributed by atoms with Crippen LogP contribution in [-0.2, 0) is 11.2 Å². The first-order valence-electron chi connectivity index (χ1n) is 3.97. The average Bonchev–Trinajstić information content (AvgIpc) is 2.49. The monoisotopic (exact) mass is 164 g/mol. The Balaban J connectivity index is 2.23. The normalized spacial score (nSPS) is 10.8.